The Labute approximate surface area is 168 Å². The van der Waals surface area contributed by atoms with Gasteiger partial charge in [0, 0.05) is 5.56 Å². The number of nitrogens with one attached hydrogen (secondary N) is 2. The molecule has 146 valence electrons. The van der Waals surface area contributed by atoms with Crippen molar-refractivity contribution in [1.82, 2.24) is 4.98 Å². The van der Waals surface area contributed by atoms with E-state index in [0.717, 1.165) is 59.3 Å². The van der Waals surface area contributed by atoms with E-state index in [-0.39, 0.29) is 5.82 Å². The van der Waals surface area contributed by atoms with Gasteiger partial charge in [-0.1, -0.05) is 29.5 Å². The van der Waals surface area contributed by atoms with Crippen LogP contribution in [0.2, 0.25) is 0 Å². The third-order valence-corrected chi connectivity index (χ3v) is 6.23. The Balaban J connectivity index is 1.46. The molecule has 0 atom stereocenters. The van der Waals surface area contributed by atoms with Crippen molar-refractivity contribution in [2.75, 3.05) is 43.0 Å². The summed E-state index contributed by atoms with van der Waals surface area (Å²) >= 11 is 1.55. The molecular weight excluding hydrogens is 373 g/mol. The summed E-state index contributed by atoms with van der Waals surface area (Å²) in [4.78, 5) is 8.23. The second-order valence-electron chi connectivity index (χ2n) is 7.05. The van der Waals surface area contributed by atoms with Gasteiger partial charge in [-0.3, -0.25) is 5.43 Å². The molecule has 0 radical (unpaired) electrons. The molecule has 1 fully saturated rings. The number of hydrazone groups is 1. The Hall–Kier alpha value is -2.51. The Kier molecular flexibility index (Phi) is 5.54. The van der Waals surface area contributed by atoms with Gasteiger partial charge >= 0.3 is 0 Å². The lowest BCUT2D eigenvalue weighted by Gasteiger charge is -2.33. The summed E-state index contributed by atoms with van der Waals surface area (Å²) in [5.74, 6) is -0.188. The smallest absolute Gasteiger partial charge is 0.204 e. The van der Waals surface area contributed by atoms with Crippen molar-refractivity contribution in [1.29, 1.82) is 0 Å². The third-order valence-electron chi connectivity index (χ3n) is 5.29. The molecule has 2 N–H and O–H groups in total. The number of para-hydroxylation sites is 1. The van der Waals surface area contributed by atoms with Crippen LogP contribution in [-0.4, -0.2) is 43.4 Å². The standard InChI is InChI=1S/C21H24FN5S/c1-3-26-10-12-27(13-11-26)19-9-8-16(14-17(19)22)15(2)24-25-21-23-18-6-4-5-7-20(18)28-21/h4-9,14H,3,10-13H2,1-2H3,(H,23,25)/p+1/b24-15-. The molecule has 2 aromatic carbocycles. The van der Waals surface area contributed by atoms with Crippen molar-refractivity contribution >= 4 is 38.1 Å². The Morgan fingerprint density at radius 2 is 2.04 bits per heavy atom. The molecule has 2 heterocycles. The predicted molar refractivity (Wildman–Crippen MR) is 115 cm³/mol. The highest BCUT2D eigenvalue weighted by Gasteiger charge is 2.21. The van der Waals surface area contributed by atoms with Gasteiger partial charge in [0.2, 0.25) is 5.13 Å². The second kappa shape index (κ2) is 8.24. The SMILES string of the molecule is CC[NH+]1CCN(c2ccc(/C(C)=N\Nc3nc4ccccc4s3)cc2F)CC1. The number of rotatable bonds is 5. The van der Waals surface area contributed by atoms with Crippen LogP contribution in [0.3, 0.4) is 0 Å². The number of nitrogens with zero attached hydrogens (tertiary/aromatic N) is 3. The third kappa shape index (κ3) is 4.00. The van der Waals surface area contributed by atoms with E-state index in [2.05, 4.69) is 27.3 Å². The fourth-order valence-electron chi connectivity index (χ4n) is 3.52. The molecule has 1 aliphatic heterocycles. The van der Waals surface area contributed by atoms with Gasteiger partial charge < -0.3 is 9.80 Å². The molecule has 0 saturated carbocycles. The van der Waals surface area contributed by atoms with Crippen molar-refractivity contribution in [2.24, 2.45) is 5.10 Å². The normalized spacial score (nSPS) is 16.0. The molecule has 1 aliphatic rings. The summed E-state index contributed by atoms with van der Waals surface area (Å²) in [6, 6.07) is 13.4. The zero-order valence-electron chi connectivity index (χ0n) is 16.2. The Morgan fingerprint density at radius 1 is 1.25 bits per heavy atom. The van der Waals surface area contributed by atoms with E-state index in [1.54, 1.807) is 22.3 Å². The van der Waals surface area contributed by atoms with Crippen LogP contribution in [0.5, 0.6) is 0 Å². The van der Waals surface area contributed by atoms with E-state index in [1.165, 1.54) is 0 Å². The zero-order valence-corrected chi connectivity index (χ0v) is 17.0. The van der Waals surface area contributed by atoms with Crippen LogP contribution < -0.4 is 15.2 Å². The van der Waals surface area contributed by atoms with E-state index < -0.39 is 0 Å². The highest BCUT2D eigenvalue weighted by Crippen LogP contribution is 2.25. The van der Waals surface area contributed by atoms with Crippen LogP contribution >= 0.6 is 11.3 Å². The van der Waals surface area contributed by atoms with Gasteiger partial charge in [-0.2, -0.15) is 5.10 Å². The number of aromatic nitrogens is 1. The first-order valence-corrected chi connectivity index (χ1v) is 10.5. The van der Waals surface area contributed by atoms with Crippen LogP contribution in [-0.2, 0) is 0 Å². The van der Waals surface area contributed by atoms with E-state index >= 15 is 0 Å². The number of thiazole rings is 1. The maximum Gasteiger partial charge on any atom is 0.204 e. The Bertz CT molecular complexity index is 958. The van der Waals surface area contributed by atoms with Crippen molar-refractivity contribution in [3.63, 3.8) is 0 Å². The highest BCUT2D eigenvalue weighted by atomic mass is 32.1. The first-order valence-electron chi connectivity index (χ1n) is 9.68. The average Bonchev–Trinajstić information content (AvgIpc) is 3.15. The van der Waals surface area contributed by atoms with E-state index in [0.29, 0.717) is 5.69 Å². The minimum absolute atomic E-state index is 0.188. The second-order valence-corrected chi connectivity index (χ2v) is 8.08. The van der Waals surface area contributed by atoms with Gasteiger partial charge in [0.05, 0.1) is 54.3 Å². The van der Waals surface area contributed by atoms with Gasteiger partial charge in [0.15, 0.2) is 0 Å². The molecule has 1 saturated heterocycles. The molecule has 1 aromatic heterocycles. The molecular formula is C21H25FN5S+. The zero-order chi connectivity index (χ0) is 19.5. The fourth-order valence-corrected chi connectivity index (χ4v) is 4.33. The lowest BCUT2D eigenvalue weighted by Crippen LogP contribution is -3.14. The molecule has 0 spiro atoms. The highest BCUT2D eigenvalue weighted by molar-refractivity contribution is 7.22. The number of fused-ring (bicyclic) bond motifs is 1. The lowest BCUT2D eigenvalue weighted by atomic mass is 10.1. The number of piperazine rings is 1. The predicted octanol–water partition coefficient (Wildman–Crippen LogP) is 3.00. The number of likely N-dealkylation sites (N-methyl/N-ethyl adjacent to an activating group) is 1. The molecule has 5 nitrogen and oxygen atoms in total. The van der Waals surface area contributed by atoms with Gasteiger partial charge in [-0.15, -0.1) is 0 Å². The van der Waals surface area contributed by atoms with E-state index in [1.807, 2.05) is 43.3 Å². The van der Waals surface area contributed by atoms with Gasteiger partial charge in [-0.05, 0) is 38.1 Å². The molecule has 4 rings (SSSR count). The largest absolute Gasteiger partial charge is 0.358 e. The average molecular weight is 399 g/mol. The summed E-state index contributed by atoms with van der Waals surface area (Å²) in [5.41, 5.74) is 6.13. The quantitative estimate of drug-likeness (QED) is 0.513. The molecule has 0 unspecified atom stereocenters. The molecule has 0 aliphatic carbocycles. The fraction of sp³-hybridized carbons (Fsp3) is 0.333. The van der Waals surface area contributed by atoms with Crippen LogP contribution in [0.1, 0.15) is 19.4 Å². The van der Waals surface area contributed by atoms with Crippen molar-refractivity contribution in [3.05, 3.63) is 53.8 Å². The minimum atomic E-state index is -0.188. The number of quaternary nitrogens is 1. The van der Waals surface area contributed by atoms with Crippen molar-refractivity contribution in [2.45, 2.75) is 13.8 Å². The topological polar surface area (TPSA) is 45.0 Å². The number of anilines is 2. The molecule has 0 bridgehead atoms. The van der Waals surface area contributed by atoms with E-state index in [4.69, 9.17) is 0 Å². The van der Waals surface area contributed by atoms with Gasteiger partial charge in [-0.25, -0.2) is 9.37 Å². The maximum absolute atomic E-state index is 14.7. The molecule has 3 aromatic rings. The minimum Gasteiger partial charge on any atom is -0.358 e. The summed E-state index contributed by atoms with van der Waals surface area (Å²) in [6.07, 6.45) is 0. The number of halogens is 1. The number of hydrogen-bond acceptors (Lipinski definition) is 5. The van der Waals surface area contributed by atoms with Crippen LogP contribution in [0.4, 0.5) is 15.2 Å². The van der Waals surface area contributed by atoms with Gasteiger partial charge in [0.25, 0.3) is 0 Å². The molecule has 28 heavy (non-hydrogen) atoms. The first kappa shape index (κ1) is 18.8. The summed E-state index contributed by atoms with van der Waals surface area (Å²) < 4.78 is 15.9. The van der Waals surface area contributed by atoms with E-state index in [9.17, 15) is 4.39 Å². The monoisotopic (exact) mass is 398 g/mol. The number of hydrogen-bond donors (Lipinski definition) is 2. The molecule has 7 heteroatoms. The van der Waals surface area contributed by atoms with Crippen LogP contribution in [0, 0.1) is 5.82 Å². The first-order chi connectivity index (χ1) is 13.6. The van der Waals surface area contributed by atoms with Crippen LogP contribution in [0.25, 0.3) is 10.2 Å². The van der Waals surface area contributed by atoms with Crippen LogP contribution in [0.15, 0.2) is 47.6 Å². The lowest BCUT2D eigenvalue weighted by molar-refractivity contribution is -0.898. The summed E-state index contributed by atoms with van der Waals surface area (Å²) in [5, 5.41) is 5.13. The summed E-state index contributed by atoms with van der Waals surface area (Å²) in [6.45, 7) is 9.11. The maximum atomic E-state index is 14.7. The number of benzene rings is 2. The van der Waals surface area contributed by atoms with Crippen molar-refractivity contribution < 1.29 is 9.29 Å². The Morgan fingerprint density at radius 3 is 2.75 bits per heavy atom. The van der Waals surface area contributed by atoms with Gasteiger partial charge in [0.1, 0.15) is 5.82 Å². The summed E-state index contributed by atoms with van der Waals surface area (Å²) in [7, 11) is 0. The van der Waals surface area contributed by atoms with Crippen molar-refractivity contribution in [3.8, 4) is 0 Å². The molecule has 0 amide bonds.